The second-order valence-electron chi connectivity index (χ2n) is 9.06. The first kappa shape index (κ1) is 24.5. The van der Waals surface area contributed by atoms with Crippen LogP contribution in [0.25, 0.3) is 16.0 Å². The zero-order valence-electron chi connectivity index (χ0n) is 20.7. The van der Waals surface area contributed by atoms with Gasteiger partial charge < -0.3 is 14.9 Å². The zero-order valence-corrected chi connectivity index (χ0v) is 21.5. The van der Waals surface area contributed by atoms with Crippen LogP contribution in [0.5, 0.6) is 11.5 Å². The van der Waals surface area contributed by atoms with E-state index in [1.807, 2.05) is 32.9 Å². The molecular weight excluding hydrogens is 488 g/mol. The number of fused-ring (bicyclic) bond motifs is 1. The maximum Gasteiger partial charge on any atom is 0.301 e. The monoisotopic (exact) mass is 514 g/mol. The summed E-state index contributed by atoms with van der Waals surface area (Å²) in [6.45, 7) is 6.53. The summed E-state index contributed by atoms with van der Waals surface area (Å²) >= 11 is 1.32. The van der Waals surface area contributed by atoms with E-state index in [0.29, 0.717) is 28.6 Å². The van der Waals surface area contributed by atoms with Crippen LogP contribution in [0.1, 0.15) is 41.6 Å². The molecule has 4 aromatic rings. The first-order valence-electron chi connectivity index (χ1n) is 12.0. The highest BCUT2D eigenvalue weighted by Gasteiger charge is 2.48. The van der Waals surface area contributed by atoms with Crippen LogP contribution in [0.3, 0.4) is 0 Å². The minimum Gasteiger partial charge on any atom is -0.508 e. The Morgan fingerprint density at radius 3 is 2.43 bits per heavy atom. The van der Waals surface area contributed by atoms with Crippen LogP contribution < -0.4 is 9.64 Å². The van der Waals surface area contributed by atoms with Gasteiger partial charge >= 0.3 is 5.91 Å². The molecule has 2 N–H and O–H groups in total. The average Bonchev–Trinajstić information content (AvgIpc) is 3.42. The van der Waals surface area contributed by atoms with Crippen molar-refractivity contribution < 1.29 is 24.5 Å². The average molecular weight is 515 g/mol. The maximum absolute atomic E-state index is 13.4. The summed E-state index contributed by atoms with van der Waals surface area (Å²) in [4.78, 5) is 32.9. The number of aliphatic hydroxyl groups is 1. The topological polar surface area (TPSA) is 100.0 Å². The van der Waals surface area contributed by atoms with Crippen LogP contribution >= 0.6 is 11.3 Å². The van der Waals surface area contributed by atoms with Gasteiger partial charge in [-0.2, -0.15) is 0 Å². The second-order valence-corrected chi connectivity index (χ2v) is 10.1. The number of phenols is 1. The number of anilines is 1. The number of nitrogens with zero attached hydrogens (tertiary/aromatic N) is 2. The van der Waals surface area contributed by atoms with Crippen LogP contribution in [-0.4, -0.2) is 33.5 Å². The van der Waals surface area contributed by atoms with Crippen molar-refractivity contribution in [2.24, 2.45) is 0 Å². The van der Waals surface area contributed by atoms with Crippen molar-refractivity contribution in [3.63, 3.8) is 0 Å². The number of hydrogen-bond donors (Lipinski definition) is 2. The normalized spacial score (nSPS) is 17.1. The van der Waals surface area contributed by atoms with E-state index < -0.39 is 17.7 Å². The Morgan fingerprint density at radius 2 is 1.76 bits per heavy atom. The van der Waals surface area contributed by atoms with Gasteiger partial charge in [0.1, 0.15) is 17.3 Å². The van der Waals surface area contributed by atoms with Gasteiger partial charge in [-0.25, -0.2) is 4.98 Å². The Balaban J connectivity index is 1.66. The maximum atomic E-state index is 13.4. The second kappa shape index (κ2) is 9.71. The summed E-state index contributed by atoms with van der Waals surface area (Å²) in [5.74, 6) is -1.15. The molecule has 8 heteroatoms. The Kier molecular flexibility index (Phi) is 6.43. The van der Waals surface area contributed by atoms with Gasteiger partial charge in [-0.15, -0.1) is 0 Å². The molecule has 0 saturated carbocycles. The fraction of sp³-hybridized carbons (Fsp3) is 0.207. The predicted molar refractivity (Wildman–Crippen MR) is 144 cm³/mol. The highest BCUT2D eigenvalue weighted by molar-refractivity contribution is 7.22. The van der Waals surface area contributed by atoms with Crippen molar-refractivity contribution in [2.75, 3.05) is 11.5 Å². The standard InChI is InChI=1S/C29H26N2O5S/c1-4-13-36-21-11-7-19(8-12-21)26(33)23-25(18-5-9-20(32)10-6-18)31(28(35)27(23)34)29-30-24-17(3)14-16(2)15-22(24)37-29/h5-12,14-15,25,32-33H,4,13H2,1-3H3/b26-23+. The van der Waals surface area contributed by atoms with Crippen LogP contribution in [0, 0.1) is 13.8 Å². The highest BCUT2D eigenvalue weighted by atomic mass is 32.1. The number of carbonyl (C=O) groups excluding carboxylic acids is 2. The minimum absolute atomic E-state index is 0.0370. The molecule has 188 valence electrons. The number of aromatic nitrogens is 1. The molecule has 7 nitrogen and oxygen atoms in total. The molecule has 1 aliphatic rings. The Morgan fingerprint density at radius 1 is 1.05 bits per heavy atom. The number of carbonyl (C=O) groups is 2. The van der Waals surface area contributed by atoms with Gasteiger partial charge in [-0.3, -0.25) is 14.5 Å². The van der Waals surface area contributed by atoms with Crippen LogP contribution in [0.4, 0.5) is 5.13 Å². The van der Waals surface area contributed by atoms with E-state index in [2.05, 4.69) is 0 Å². The SMILES string of the molecule is CCCOc1ccc(/C(O)=C2\C(=O)C(=O)N(c3nc4c(C)cc(C)cc4s3)C2c2ccc(O)cc2)cc1. The molecule has 1 aromatic heterocycles. The Hall–Kier alpha value is -4.17. The number of phenolic OH excluding ortho intramolecular Hbond substituents is 1. The third-order valence-corrected chi connectivity index (χ3v) is 7.28. The molecule has 1 atom stereocenters. The zero-order chi connectivity index (χ0) is 26.3. The summed E-state index contributed by atoms with van der Waals surface area (Å²) in [6.07, 6.45) is 0.864. The van der Waals surface area contributed by atoms with Crippen LogP contribution in [-0.2, 0) is 9.59 Å². The fourth-order valence-electron chi connectivity index (χ4n) is 4.55. The number of hydrogen-bond acceptors (Lipinski definition) is 7. The number of amides is 1. The lowest BCUT2D eigenvalue weighted by molar-refractivity contribution is -0.132. The van der Waals surface area contributed by atoms with E-state index in [4.69, 9.17) is 9.72 Å². The van der Waals surface area contributed by atoms with Crippen molar-refractivity contribution >= 4 is 44.1 Å². The van der Waals surface area contributed by atoms with Gasteiger partial charge in [0.25, 0.3) is 5.78 Å². The number of benzene rings is 3. The van der Waals surface area contributed by atoms with Gasteiger partial charge in [-0.1, -0.05) is 36.5 Å². The van der Waals surface area contributed by atoms with E-state index in [1.54, 1.807) is 36.4 Å². The quantitative estimate of drug-likeness (QED) is 0.185. The number of aromatic hydroxyl groups is 1. The third kappa shape index (κ3) is 4.44. The van der Waals surface area contributed by atoms with Crippen molar-refractivity contribution in [1.82, 2.24) is 4.98 Å². The molecule has 2 heterocycles. The Bertz CT molecular complexity index is 1540. The van der Waals surface area contributed by atoms with Crippen molar-refractivity contribution in [1.29, 1.82) is 0 Å². The van der Waals surface area contributed by atoms with E-state index in [-0.39, 0.29) is 17.1 Å². The number of ether oxygens (including phenoxy) is 1. The molecule has 1 amide bonds. The van der Waals surface area contributed by atoms with E-state index in [9.17, 15) is 19.8 Å². The number of Topliss-reactive ketones (excluding diaryl/α,β-unsaturated/α-hetero) is 1. The van der Waals surface area contributed by atoms with E-state index in [1.165, 1.54) is 28.4 Å². The predicted octanol–water partition coefficient (Wildman–Crippen LogP) is 6.03. The smallest absolute Gasteiger partial charge is 0.301 e. The van der Waals surface area contributed by atoms with Crippen molar-refractivity contribution in [3.8, 4) is 11.5 Å². The molecule has 1 aliphatic heterocycles. The lowest BCUT2D eigenvalue weighted by Gasteiger charge is -2.23. The minimum atomic E-state index is -0.918. The molecule has 3 aromatic carbocycles. The summed E-state index contributed by atoms with van der Waals surface area (Å²) in [5, 5.41) is 21.5. The number of aryl methyl sites for hydroxylation is 2. The molecule has 37 heavy (non-hydrogen) atoms. The first-order chi connectivity index (χ1) is 17.8. The first-order valence-corrected chi connectivity index (χ1v) is 12.8. The molecule has 0 aliphatic carbocycles. The van der Waals surface area contributed by atoms with Gasteiger partial charge in [0.15, 0.2) is 5.13 Å². The van der Waals surface area contributed by atoms with Crippen molar-refractivity contribution in [3.05, 3.63) is 88.5 Å². The lowest BCUT2D eigenvalue weighted by atomic mass is 9.95. The van der Waals surface area contributed by atoms with Gasteiger partial charge in [0, 0.05) is 5.56 Å². The summed E-state index contributed by atoms with van der Waals surface area (Å²) in [6, 6.07) is 16.1. The Labute approximate surface area is 218 Å². The van der Waals surface area contributed by atoms with Crippen molar-refractivity contribution in [2.45, 2.75) is 33.2 Å². The number of aliphatic hydroxyl groups excluding tert-OH is 1. The van der Waals surface area contributed by atoms with Crippen LogP contribution in [0.2, 0.25) is 0 Å². The van der Waals surface area contributed by atoms with E-state index >= 15 is 0 Å². The summed E-state index contributed by atoms with van der Waals surface area (Å²) in [7, 11) is 0. The largest absolute Gasteiger partial charge is 0.508 e. The van der Waals surface area contributed by atoms with Gasteiger partial charge in [0.05, 0.1) is 28.4 Å². The fourth-order valence-corrected chi connectivity index (χ4v) is 5.72. The van der Waals surface area contributed by atoms with E-state index in [0.717, 1.165) is 27.8 Å². The third-order valence-electron chi connectivity index (χ3n) is 6.28. The summed E-state index contributed by atoms with van der Waals surface area (Å²) < 4.78 is 6.52. The van der Waals surface area contributed by atoms with Gasteiger partial charge in [0.2, 0.25) is 0 Å². The molecule has 0 radical (unpaired) electrons. The lowest BCUT2D eigenvalue weighted by Crippen LogP contribution is -2.29. The number of ketones is 1. The molecule has 1 fully saturated rings. The molecule has 0 bridgehead atoms. The van der Waals surface area contributed by atoms with Crippen LogP contribution in [0.15, 0.2) is 66.2 Å². The molecule has 5 rings (SSSR count). The molecular formula is C29H26N2O5S. The molecule has 0 spiro atoms. The molecule has 1 unspecified atom stereocenters. The number of thiazole rings is 1. The highest BCUT2D eigenvalue weighted by Crippen LogP contribution is 2.45. The van der Waals surface area contributed by atoms with Gasteiger partial charge in [-0.05, 0) is 79.4 Å². The number of rotatable bonds is 6. The molecule has 1 saturated heterocycles. The summed E-state index contributed by atoms with van der Waals surface area (Å²) in [5.41, 5.74) is 3.73.